The van der Waals surface area contributed by atoms with Crippen molar-refractivity contribution in [1.82, 2.24) is 9.97 Å². The van der Waals surface area contributed by atoms with Crippen molar-refractivity contribution in [3.05, 3.63) is 75.3 Å². The lowest BCUT2D eigenvalue weighted by Gasteiger charge is -2.23. The van der Waals surface area contributed by atoms with Crippen LogP contribution < -0.4 is 21.5 Å². The van der Waals surface area contributed by atoms with E-state index in [1.165, 1.54) is 24.3 Å². The summed E-state index contributed by atoms with van der Waals surface area (Å²) >= 11 is 5.93. The van der Waals surface area contributed by atoms with Gasteiger partial charge >= 0.3 is 0 Å². The Hall–Kier alpha value is -3.72. The van der Waals surface area contributed by atoms with E-state index in [9.17, 15) is 18.8 Å². The molecule has 10 heteroatoms. The summed E-state index contributed by atoms with van der Waals surface area (Å²) in [6, 6.07) is 12.0. The first-order valence-corrected chi connectivity index (χ1v) is 9.30. The summed E-state index contributed by atoms with van der Waals surface area (Å²) in [6.07, 6.45) is -0.200. The molecule has 0 bridgehead atoms. The predicted molar refractivity (Wildman–Crippen MR) is 111 cm³/mol. The fourth-order valence-corrected chi connectivity index (χ4v) is 3.31. The van der Waals surface area contributed by atoms with Crippen LogP contribution in [0.2, 0.25) is 5.02 Å². The SMILES string of the molecule is O=C1CC(C(=O)Nc2cccc(Cl)c2)c2c(nc(Nc3ccc(F)cc3)[nH]c2=O)N1. The number of H-pyrrole nitrogens is 1. The van der Waals surface area contributed by atoms with Gasteiger partial charge in [0, 0.05) is 22.8 Å². The molecule has 0 saturated heterocycles. The second-order valence-corrected chi connectivity index (χ2v) is 7.05. The molecular weight excluding hydrogens is 413 g/mol. The molecule has 0 radical (unpaired) electrons. The van der Waals surface area contributed by atoms with Gasteiger partial charge in [-0.05, 0) is 42.5 Å². The highest BCUT2D eigenvalue weighted by Crippen LogP contribution is 2.30. The maximum absolute atomic E-state index is 13.1. The van der Waals surface area contributed by atoms with Crippen LogP contribution in [0.5, 0.6) is 0 Å². The van der Waals surface area contributed by atoms with E-state index in [1.807, 2.05) is 0 Å². The van der Waals surface area contributed by atoms with Gasteiger partial charge in [-0.25, -0.2) is 4.39 Å². The van der Waals surface area contributed by atoms with E-state index >= 15 is 0 Å². The number of aromatic nitrogens is 2. The van der Waals surface area contributed by atoms with Crippen LogP contribution in [0.25, 0.3) is 0 Å². The van der Waals surface area contributed by atoms with Gasteiger partial charge in [0.2, 0.25) is 17.8 Å². The van der Waals surface area contributed by atoms with Gasteiger partial charge in [0.1, 0.15) is 11.6 Å². The molecule has 2 amide bonds. The Morgan fingerprint density at radius 2 is 1.90 bits per heavy atom. The molecule has 3 aromatic rings. The van der Waals surface area contributed by atoms with Gasteiger partial charge in [-0.2, -0.15) is 4.98 Å². The first-order chi connectivity index (χ1) is 14.4. The Bertz CT molecular complexity index is 1200. The summed E-state index contributed by atoms with van der Waals surface area (Å²) in [5, 5.41) is 8.45. The van der Waals surface area contributed by atoms with Crippen LogP contribution in [0.15, 0.2) is 53.3 Å². The number of hydrogen-bond acceptors (Lipinski definition) is 5. The predicted octanol–water partition coefficient (Wildman–Crippen LogP) is 3.37. The van der Waals surface area contributed by atoms with Crippen molar-refractivity contribution < 1.29 is 14.0 Å². The van der Waals surface area contributed by atoms with Crippen molar-refractivity contribution >= 4 is 46.6 Å². The number of nitrogens with zero attached hydrogens (tertiary/aromatic N) is 1. The number of halogens is 2. The number of carbonyl (C=O) groups is 2. The molecule has 152 valence electrons. The molecule has 1 aliphatic heterocycles. The molecule has 8 nitrogen and oxygen atoms in total. The van der Waals surface area contributed by atoms with Crippen LogP contribution in [-0.2, 0) is 9.59 Å². The molecule has 0 fully saturated rings. The van der Waals surface area contributed by atoms with Crippen LogP contribution in [-0.4, -0.2) is 21.8 Å². The Morgan fingerprint density at radius 1 is 1.13 bits per heavy atom. The first kappa shape index (κ1) is 19.6. The molecule has 1 atom stereocenters. The van der Waals surface area contributed by atoms with Crippen molar-refractivity contribution in [2.24, 2.45) is 0 Å². The van der Waals surface area contributed by atoms with E-state index in [1.54, 1.807) is 24.3 Å². The van der Waals surface area contributed by atoms with E-state index in [2.05, 4.69) is 25.9 Å². The Kier molecular flexibility index (Phi) is 5.20. The molecule has 4 N–H and O–H groups in total. The molecule has 4 rings (SSSR count). The van der Waals surface area contributed by atoms with Crippen molar-refractivity contribution in [1.29, 1.82) is 0 Å². The van der Waals surface area contributed by atoms with E-state index in [4.69, 9.17) is 11.6 Å². The molecule has 0 spiro atoms. The van der Waals surface area contributed by atoms with Gasteiger partial charge in [-0.15, -0.1) is 0 Å². The normalized spacial score (nSPS) is 15.1. The summed E-state index contributed by atoms with van der Waals surface area (Å²) in [5.74, 6) is -2.37. The number of rotatable bonds is 4. The van der Waals surface area contributed by atoms with Crippen LogP contribution in [0.3, 0.4) is 0 Å². The molecule has 0 aliphatic carbocycles. The zero-order valence-corrected chi connectivity index (χ0v) is 16.1. The van der Waals surface area contributed by atoms with Gasteiger partial charge in [0.05, 0.1) is 11.5 Å². The average Bonchev–Trinajstić information content (AvgIpc) is 2.69. The van der Waals surface area contributed by atoms with E-state index in [0.29, 0.717) is 16.4 Å². The highest BCUT2D eigenvalue weighted by Gasteiger charge is 2.34. The second-order valence-electron chi connectivity index (χ2n) is 6.61. The van der Waals surface area contributed by atoms with Gasteiger partial charge in [-0.3, -0.25) is 19.4 Å². The number of nitrogens with one attached hydrogen (secondary N) is 4. The standard InChI is InChI=1S/C20H15ClFN5O3/c21-10-2-1-3-13(8-10)23-18(29)14-9-15(28)25-17-16(14)19(30)27-20(26-17)24-12-6-4-11(22)5-7-12/h1-8,14H,9H2,(H,23,29)(H3,24,25,26,27,28,30). The molecule has 1 aliphatic rings. The number of anilines is 4. The zero-order chi connectivity index (χ0) is 21.3. The van der Waals surface area contributed by atoms with Gasteiger partial charge in [-0.1, -0.05) is 17.7 Å². The minimum atomic E-state index is -1.02. The van der Waals surface area contributed by atoms with Crippen LogP contribution in [0.1, 0.15) is 17.9 Å². The third-order valence-electron chi connectivity index (χ3n) is 4.47. The summed E-state index contributed by atoms with van der Waals surface area (Å²) in [7, 11) is 0. The first-order valence-electron chi connectivity index (χ1n) is 8.92. The minimum Gasteiger partial charge on any atom is -0.326 e. The maximum atomic E-state index is 13.1. The van der Waals surface area contributed by atoms with E-state index in [0.717, 1.165) is 0 Å². The molecule has 1 aromatic heterocycles. The lowest BCUT2D eigenvalue weighted by molar-refractivity contribution is -0.123. The van der Waals surface area contributed by atoms with Gasteiger partial charge in [0.25, 0.3) is 5.56 Å². The maximum Gasteiger partial charge on any atom is 0.258 e. The van der Waals surface area contributed by atoms with E-state index in [-0.39, 0.29) is 23.8 Å². The summed E-state index contributed by atoms with van der Waals surface area (Å²) in [6.45, 7) is 0. The Labute approximate surface area is 174 Å². The van der Waals surface area contributed by atoms with Crippen LogP contribution >= 0.6 is 11.6 Å². The second kappa shape index (κ2) is 7.96. The number of benzene rings is 2. The van der Waals surface area contributed by atoms with Crippen molar-refractivity contribution in [2.75, 3.05) is 16.0 Å². The summed E-state index contributed by atoms with van der Waals surface area (Å²) in [5.41, 5.74) is 0.408. The number of aromatic amines is 1. The van der Waals surface area contributed by atoms with Gasteiger partial charge in [0.15, 0.2) is 0 Å². The smallest absolute Gasteiger partial charge is 0.258 e. The largest absolute Gasteiger partial charge is 0.326 e. The molecule has 2 heterocycles. The fourth-order valence-electron chi connectivity index (χ4n) is 3.12. The monoisotopic (exact) mass is 427 g/mol. The Morgan fingerprint density at radius 3 is 2.63 bits per heavy atom. The van der Waals surface area contributed by atoms with Crippen LogP contribution in [0, 0.1) is 5.82 Å². The van der Waals surface area contributed by atoms with Crippen LogP contribution in [0.4, 0.5) is 27.5 Å². The highest BCUT2D eigenvalue weighted by molar-refractivity contribution is 6.30. The third-order valence-corrected chi connectivity index (χ3v) is 4.70. The topological polar surface area (TPSA) is 116 Å². The molecule has 1 unspecified atom stereocenters. The third kappa shape index (κ3) is 4.15. The van der Waals surface area contributed by atoms with Crippen molar-refractivity contribution in [3.8, 4) is 0 Å². The highest BCUT2D eigenvalue weighted by atomic mass is 35.5. The fraction of sp³-hybridized carbons (Fsp3) is 0.100. The quantitative estimate of drug-likeness (QED) is 0.509. The molecule has 2 aromatic carbocycles. The van der Waals surface area contributed by atoms with Crippen molar-refractivity contribution in [3.63, 3.8) is 0 Å². The Balaban J connectivity index is 1.63. The minimum absolute atomic E-state index is 0.00847. The lowest BCUT2D eigenvalue weighted by atomic mass is 9.92. The molecule has 0 saturated carbocycles. The summed E-state index contributed by atoms with van der Waals surface area (Å²) < 4.78 is 13.1. The molecular formula is C20H15ClFN5O3. The average molecular weight is 428 g/mol. The van der Waals surface area contributed by atoms with Crippen molar-refractivity contribution in [2.45, 2.75) is 12.3 Å². The zero-order valence-electron chi connectivity index (χ0n) is 15.3. The number of amides is 2. The lowest BCUT2D eigenvalue weighted by Crippen LogP contribution is -2.36. The van der Waals surface area contributed by atoms with E-state index < -0.39 is 29.1 Å². The summed E-state index contributed by atoms with van der Waals surface area (Å²) in [4.78, 5) is 44.4. The molecule has 30 heavy (non-hydrogen) atoms. The number of carbonyl (C=O) groups excluding carboxylic acids is 2. The number of hydrogen-bond donors (Lipinski definition) is 4. The number of fused-ring (bicyclic) bond motifs is 1. The van der Waals surface area contributed by atoms with Gasteiger partial charge < -0.3 is 16.0 Å².